The van der Waals surface area contributed by atoms with Crippen LogP contribution in [0.1, 0.15) is 43.6 Å². The maximum absolute atomic E-state index is 12.2. The minimum absolute atomic E-state index is 0.0881. The second-order valence-corrected chi connectivity index (χ2v) is 6.26. The van der Waals surface area contributed by atoms with Gasteiger partial charge in [0.15, 0.2) is 6.61 Å². The number of carbonyl (C=O) groups excluding carboxylic acids is 2. The number of nitrogens with one attached hydrogen (secondary N) is 1. The van der Waals surface area contributed by atoms with Crippen molar-refractivity contribution in [3.8, 4) is 11.8 Å². The summed E-state index contributed by atoms with van der Waals surface area (Å²) >= 11 is 0. The van der Waals surface area contributed by atoms with Crippen LogP contribution in [0.2, 0.25) is 0 Å². The molecule has 0 spiro atoms. The van der Waals surface area contributed by atoms with Gasteiger partial charge >= 0.3 is 5.97 Å². The number of nitriles is 1. The number of hydrogen-bond acceptors (Lipinski definition) is 6. The standard InChI is InChI=1S/C19H26N2O5/c1-6-25-10-15-9-14(7-8-16(15)24-5)18(23)26-11-17(22)21-19(4,12-20)13(2)3/h7-9,13H,6,10-11H2,1-5H3,(H,21,22)/t19-/m0/s1. The van der Waals surface area contributed by atoms with Crippen molar-refractivity contribution in [1.29, 1.82) is 5.26 Å². The van der Waals surface area contributed by atoms with Gasteiger partial charge in [0.25, 0.3) is 5.91 Å². The number of nitrogens with zero attached hydrogens (tertiary/aromatic N) is 1. The van der Waals surface area contributed by atoms with Crippen molar-refractivity contribution in [2.24, 2.45) is 5.92 Å². The highest BCUT2D eigenvalue weighted by Gasteiger charge is 2.30. The molecule has 0 bridgehead atoms. The number of amides is 1. The van der Waals surface area contributed by atoms with Crippen LogP contribution in [-0.4, -0.2) is 37.7 Å². The van der Waals surface area contributed by atoms with Gasteiger partial charge in [-0.1, -0.05) is 13.8 Å². The summed E-state index contributed by atoms with van der Waals surface area (Å²) in [5.74, 6) is -0.646. The molecule has 0 unspecified atom stereocenters. The van der Waals surface area contributed by atoms with Gasteiger partial charge in [-0.15, -0.1) is 0 Å². The molecule has 0 aliphatic carbocycles. The third-order valence-electron chi connectivity index (χ3n) is 4.10. The number of benzene rings is 1. The number of methoxy groups -OCH3 is 1. The van der Waals surface area contributed by atoms with E-state index in [0.717, 1.165) is 0 Å². The van der Waals surface area contributed by atoms with Gasteiger partial charge in [0.2, 0.25) is 0 Å². The van der Waals surface area contributed by atoms with Crippen LogP contribution >= 0.6 is 0 Å². The lowest BCUT2D eigenvalue weighted by Gasteiger charge is -2.27. The van der Waals surface area contributed by atoms with Crippen LogP contribution in [0.25, 0.3) is 0 Å². The van der Waals surface area contributed by atoms with E-state index < -0.39 is 24.0 Å². The van der Waals surface area contributed by atoms with E-state index in [1.165, 1.54) is 7.11 Å². The Hall–Kier alpha value is -2.59. The zero-order chi connectivity index (χ0) is 19.7. The van der Waals surface area contributed by atoms with Crippen molar-refractivity contribution in [3.63, 3.8) is 0 Å². The lowest BCUT2D eigenvalue weighted by Crippen LogP contribution is -2.50. The van der Waals surface area contributed by atoms with Gasteiger partial charge in [-0.25, -0.2) is 4.79 Å². The molecule has 1 atom stereocenters. The lowest BCUT2D eigenvalue weighted by atomic mass is 9.90. The lowest BCUT2D eigenvalue weighted by molar-refractivity contribution is -0.125. The Morgan fingerprint density at radius 2 is 2.04 bits per heavy atom. The molecule has 0 saturated heterocycles. The Bertz CT molecular complexity index is 681. The first-order valence-corrected chi connectivity index (χ1v) is 8.41. The summed E-state index contributed by atoms with van der Waals surface area (Å²) in [4.78, 5) is 24.2. The smallest absolute Gasteiger partial charge is 0.338 e. The van der Waals surface area contributed by atoms with E-state index in [0.29, 0.717) is 30.1 Å². The maximum Gasteiger partial charge on any atom is 0.338 e. The van der Waals surface area contributed by atoms with E-state index in [2.05, 4.69) is 11.4 Å². The molecule has 1 rings (SSSR count). The summed E-state index contributed by atoms with van der Waals surface area (Å²) in [7, 11) is 1.54. The van der Waals surface area contributed by atoms with Gasteiger partial charge in [0.05, 0.1) is 25.3 Å². The Morgan fingerprint density at radius 3 is 2.58 bits per heavy atom. The second-order valence-electron chi connectivity index (χ2n) is 6.26. The van der Waals surface area contributed by atoms with Gasteiger partial charge in [0, 0.05) is 12.2 Å². The van der Waals surface area contributed by atoms with Crippen LogP contribution < -0.4 is 10.1 Å². The van der Waals surface area contributed by atoms with Crippen LogP contribution in [0.3, 0.4) is 0 Å². The maximum atomic E-state index is 12.2. The van der Waals surface area contributed by atoms with Crippen LogP contribution in [0, 0.1) is 17.2 Å². The van der Waals surface area contributed by atoms with Gasteiger partial charge < -0.3 is 19.5 Å². The molecule has 0 fully saturated rings. The van der Waals surface area contributed by atoms with Crippen molar-refractivity contribution in [1.82, 2.24) is 5.32 Å². The van der Waals surface area contributed by atoms with Crippen molar-refractivity contribution < 1.29 is 23.8 Å². The summed E-state index contributed by atoms with van der Waals surface area (Å²) < 4.78 is 15.6. The molecule has 0 aliphatic rings. The summed E-state index contributed by atoms with van der Waals surface area (Å²) in [5, 5.41) is 11.8. The van der Waals surface area contributed by atoms with Crippen LogP contribution in [-0.2, 0) is 20.9 Å². The SMILES string of the molecule is CCOCc1cc(C(=O)OCC(=O)N[C@@](C)(C#N)C(C)C)ccc1OC. The number of hydrogen-bond donors (Lipinski definition) is 1. The van der Waals surface area contributed by atoms with Crippen LogP contribution in [0.5, 0.6) is 5.75 Å². The molecule has 7 nitrogen and oxygen atoms in total. The molecule has 0 aliphatic heterocycles. The molecule has 1 aromatic rings. The molecular formula is C19H26N2O5. The number of rotatable bonds is 9. The van der Waals surface area contributed by atoms with E-state index >= 15 is 0 Å². The molecule has 1 N–H and O–H groups in total. The molecule has 0 radical (unpaired) electrons. The summed E-state index contributed by atoms with van der Waals surface area (Å²) in [6, 6.07) is 6.89. The molecule has 1 amide bonds. The van der Waals surface area contributed by atoms with Crippen molar-refractivity contribution in [2.75, 3.05) is 20.3 Å². The summed E-state index contributed by atoms with van der Waals surface area (Å²) in [6.45, 7) is 7.52. The fraction of sp³-hybridized carbons (Fsp3) is 0.526. The fourth-order valence-electron chi connectivity index (χ4n) is 2.07. The van der Waals surface area contributed by atoms with E-state index in [1.54, 1.807) is 25.1 Å². The predicted octanol–water partition coefficient (Wildman–Crippen LogP) is 2.44. The normalized spacial score (nSPS) is 12.8. The molecule has 0 saturated carbocycles. The Morgan fingerprint density at radius 1 is 1.35 bits per heavy atom. The zero-order valence-electron chi connectivity index (χ0n) is 15.9. The summed E-state index contributed by atoms with van der Waals surface area (Å²) in [5.41, 5.74) is -0.0147. The quantitative estimate of drug-likeness (QED) is 0.678. The molecule has 1 aromatic carbocycles. The van der Waals surface area contributed by atoms with E-state index in [1.807, 2.05) is 20.8 Å². The number of carbonyl (C=O) groups is 2. The van der Waals surface area contributed by atoms with Crippen LogP contribution in [0.4, 0.5) is 0 Å². The number of ether oxygens (including phenoxy) is 3. The van der Waals surface area contributed by atoms with Crippen LogP contribution in [0.15, 0.2) is 18.2 Å². The highest BCUT2D eigenvalue weighted by Crippen LogP contribution is 2.21. The van der Waals surface area contributed by atoms with Gasteiger partial charge in [0.1, 0.15) is 11.3 Å². The third-order valence-corrected chi connectivity index (χ3v) is 4.10. The molecule has 26 heavy (non-hydrogen) atoms. The fourth-order valence-corrected chi connectivity index (χ4v) is 2.07. The van der Waals surface area contributed by atoms with E-state index in [4.69, 9.17) is 14.2 Å². The molecule has 142 valence electrons. The third kappa shape index (κ3) is 5.74. The minimum Gasteiger partial charge on any atom is -0.496 e. The zero-order valence-corrected chi connectivity index (χ0v) is 15.9. The van der Waals surface area contributed by atoms with Gasteiger partial charge in [-0.2, -0.15) is 5.26 Å². The second kappa shape index (κ2) is 9.78. The predicted molar refractivity (Wildman–Crippen MR) is 95.6 cm³/mol. The van der Waals surface area contributed by atoms with Gasteiger partial charge in [-0.3, -0.25) is 4.79 Å². The molecule has 7 heteroatoms. The molecule has 0 aromatic heterocycles. The highest BCUT2D eigenvalue weighted by molar-refractivity contribution is 5.91. The first-order valence-electron chi connectivity index (χ1n) is 8.41. The summed E-state index contributed by atoms with van der Waals surface area (Å²) in [6.07, 6.45) is 0. The van der Waals surface area contributed by atoms with Crippen molar-refractivity contribution in [3.05, 3.63) is 29.3 Å². The molecule has 0 heterocycles. The number of esters is 1. The largest absolute Gasteiger partial charge is 0.496 e. The highest BCUT2D eigenvalue weighted by atomic mass is 16.5. The Balaban J connectivity index is 2.73. The van der Waals surface area contributed by atoms with E-state index in [-0.39, 0.29) is 5.92 Å². The van der Waals surface area contributed by atoms with Gasteiger partial charge in [-0.05, 0) is 38.0 Å². The van der Waals surface area contributed by atoms with Crippen molar-refractivity contribution >= 4 is 11.9 Å². The monoisotopic (exact) mass is 362 g/mol. The first kappa shape index (κ1) is 21.5. The Labute approximate surface area is 154 Å². The average molecular weight is 362 g/mol. The Kier molecular flexibility index (Phi) is 8.07. The average Bonchev–Trinajstić information content (AvgIpc) is 2.63. The minimum atomic E-state index is -1.02. The topological polar surface area (TPSA) is 97.6 Å². The first-order chi connectivity index (χ1) is 12.3. The molecular weight excluding hydrogens is 336 g/mol. The van der Waals surface area contributed by atoms with Crippen molar-refractivity contribution in [2.45, 2.75) is 39.8 Å². The van der Waals surface area contributed by atoms with E-state index in [9.17, 15) is 14.9 Å².